The van der Waals surface area contributed by atoms with Crippen molar-refractivity contribution in [3.8, 4) is 11.5 Å². The number of thioether (sulfide) groups is 1. The fraction of sp³-hybridized carbons (Fsp3) is 0.292. The zero-order chi connectivity index (χ0) is 23.3. The lowest BCUT2D eigenvalue weighted by atomic mass is 10.0. The predicted molar refractivity (Wildman–Crippen MR) is 123 cm³/mol. The van der Waals surface area contributed by atoms with Crippen LogP contribution in [0.1, 0.15) is 36.5 Å². The summed E-state index contributed by atoms with van der Waals surface area (Å²) in [4.78, 5) is 37.3. The van der Waals surface area contributed by atoms with E-state index in [1.54, 1.807) is 30.3 Å². The minimum absolute atomic E-state index is 0.148. The van der Waals surface area contributed by atoms with Gasteiger partial charge in [-0.3, -0.25) is 14.5 Å². The smallest absolute Gasteiger partial charge is 0.341 e. The first-order valence-electron chi connectivity index (χ1n) is 10.2. The number of hydrogen-bond donors (Lipinski definition) is 1. The first-order chi connectivity index (χ1) is 15.2. The van der Waals surface area contributed by atoms with Gasteiger partial charge in [-0.1, -0.05) is 38.1 Å². The van der Waals surface area contributed by atoms with Gasteiger partial charge in [-0.05, 0) is 65.6 Å². The highest BCUT2D eigenvalue weighted by atomic mass is 32.2. The van der Waals surface area contributed by atoms with Gasteiger partial charge in [-0.15, -0.1) is 0 Å². The van der Waals surface area contributed by atoms with E-state index in [1.807, 2.05) is 25.1 Å². The first-order valence-corrected chi connectivity index (χ1v) is 11.0. The third kappa shape index (κ3) is 5.91. The number of nitrogens with zero attached hydrogens (tertiary/aromatic N) is 1. The molecule has 0 atom stereocenters. The van der Waals surface area contributed by atoms with Crippen molar-refractivity contribution < 1.29 is 29.0 Å². The number of amides is 2. The van der Waals surface area contributed by atoms with Gasteiger partial charge in [0.15, 0.2) is 6.61 Å². The van der Waals surface area contributed by atoms with Gasteiger partial charge in [0.2, 0.25) is 0 Å². The lowest BCUT2D eigenvalue weighted by Gasteiger charge is -2.17. The van der Waals surface area contributed by atoms with E-state index in [9.17, 15) is 14.4 Å². The number of aliphatic carboxylic acids is 1. The number of aryl methyl sites for hydroxylation is 1. The maximum Gasteiger partial charge on any atom is 0.341 e. The van der Waals surface area contributed by atoms with Crippen molar-refractivity contribution in [2.45, 2.75) is 26.7 Å². The molecule has 32 heavy (non-hydrogen) atoms. The molecule has 2 aromatic rings. The first kappa shape index (κ1) is 23.4. The van der Waals surface area contributed by atoms with Gasteiger partial charge in [0.05, 0.1) is 11.4 Å². The van der Waals surface area contributed by atoms with E-state index in [0.29, 0.717) is 22.1 Å². The van der Waals surface area contributed by atoms with Crippen molar-refractivity contribution in [2.75, 3.05) is 19.8 Å². The molecule has 168 valence electrons. The Morgan fingerprint density at radius 1 is 1.16 bits per heavy atom. The number of hydrogen-bond acceptors (Lipinski definition) is 6. The van der Waals surface area contributed by atoms with Gasteiger partial charge in [0.25, 0.3) is 11.1 Å². The molecule has 7 nitrogen and oxygen atoms in total. The van der Waals surface area contributed by atoms with Crippen LogP contribution in [0.3, 0.4) is 0 Å². The molecule has 8 heteroatoms. The zero-order valence-corrected chi connectivity index (χ0v) is 19.0. The lowest BCUT2D eigenvalue weighted by molar-refractivity contribution is -0.139. The fourth-order valence-corrected chi connectivity index (χ4v) is 4.04. The quantitative estimate of drug-likeness (QED) is 0.548. The molecule has 0 bridgehead atoms. The van der Waals surface area contributed by atoms with Crippen molar-refractivity contribution >= 4 is 35.0 Å². The Bertz CT molecular complexity index is 1060. The maximum absolute atomic E-state index is 12.7. The summed E-state index contributed by atoms with van der Waals surface area (Å²) >= 11 is 0.866. The van der Waals surface area contributed by atoms with E-state index in [1.165, 1.54) is 4.90 Å². The SMILES string of the molecule is Cc1ccc(C(C)C)c(OCCN2C(=O)S/C(=C\c3cccc(OCC(=O)O)c3)C2=O)c1. The molecule has 0 saturated carbocycles. The normalized spacial score (nSPS) is 15.0. The Morgan fingerprint density at radius 2 is 1.94 bits per heavy atom. The minimum atomic E-state index is -1.08. The number of imide groups is 1. The van der Waals surface area contributed by atoms with E-state index in [4.69, 9.17) is 14.6 Å². The van der Waals surface area contributed by atoms with Gasteiger partial charge in [0, 0.05) is 0 Å². The van der Waals surface area contributed by atoms with Gasteiger partial charge in [-0.2, -0.15) is 0 Å². The Balaban J connectivity index is 1.65. The average molecular weight is 456 g/mol. The third-order valence-electron chi connectivity index (χ3n) is 4.76. The van der Waals surface area contributed by atoms with Crippen LogP contribution in [0.4, 0.5) is 4.79 Å². The molecular formula is C24H25NO6S. The van der Waals surface area contributed by atoms with Crippen molar-refractivity contribution in [1.82, 2.24) is 4.90 Å². The van der Waals surface area contributed by atoms with Crippen molar-refractivity contribution in [3.63, 3.8) is 0 Å². The fourth-order valence-electron chi connectivity index (χ4n) is 3.17. The van der Waals surface area contributed by atoms with Gasteiger partial charge < -0.3 is 14.6 Å². The number of rotatable bonds is 9. The highest BCUT2D eigenvalue weighted by molar-refractivity contribution is 8.18. The Kier molecular flexibility index (Phi) is 7.58. The van der Waals surface area contributed by atoms with Crippen LogP contribution in [0.2, 0.25) is 0 Å². The van der Waals surface area contributed by atoms with E-state index >= 15 is 0 Å². The average Bonchev–Trinajstić information content (AvgIpc) is 2.99. The monoisotopic (exact) mass is 455 g/mol. The predicted octanol–water partition coefficient (Wildman–Crippen LogP) is 4.70. The number of carboxylic acid groups (broad SMARTS) is 1. The molecule has 0 aliphatic carbocycles. The number of carbonyl (C=O) groups is 3. The van der Waals surface area contributed by atoms with Crippen LogP contribution in [0.15, 0.2) is 47.4 Å². The third-order valence-corrected chi connectivity index (χ3v) is 5.66. The summed E-state index contributed by atoms with van der Waals surface area (Å²) in [7, 11) is 0. The summed E-state index contributed by atoms with van der Waals surface area (Å²) < 4.78 is 11.1. The summed E-state index contributed by atoms with van der Waals surface area (Å²) in [5.41, 5.74) is 2.79. The van der Waals surface area contributed by atoms with Crippen LogP contribution in [0.5, 0.6) is 11.5 Å². The Labute approximate surface area is 191 Å². The Hall–Kier alpha value is -3.26. The highest BCUT2D eigenvalue weighted by Crippen LogP contribution is 2.33. The van der Waals surface area contributed by atoms with E-state index in [0.717, 1.165) is 28.6 Å². The van der Waals surface area contributed by atoms with Crippen LogP contribution >= 0.6 is 11.8 Å². The summed E-state index contributed by atoms with van der Waals surface area (Å²) in [5, 5.41) is 8.38. The van der Waals surface area contributed by atoms with Gasteiger partial charge >= 0.3 is 5.97 Å². The summed E-state index contributed by atoms with van der Waals surface area (Å²) in [6, 6.07) is 12.7. The summed E-state index contributed by atoms with van der Waals surface area (Å²) in [6.07, 6.45) is 1.59. The second kappa shape index (κ2) is 10.4. The van der Waals surface area contributed by atoms with Crippen LogP contribution < -0.4 is 9.47 Å². The van der Waals surface area contributed by atoms with Crippen molar-refractivity contribution in [3.05, 3.63) is 64.1 Å². The van der Waals surface area contributed by atoms with Crippen LogP contribution in [-0.2, 0) is 9.59 Å². The van der Waals surface area contributed by atoms with Crippen molar-refractivity contribution in [2.24, 2.45) is 0 Å². The van der Waals surface area contributed by atoms with E-state index in [2.05, 4.69) is 13.8 Å². The number of benzene rings is 2. The molecule has 0 spiro atoms. The molecule has 1 N–H and O–H groups in total. The van der Waals surface area contributed by atoms with Crippen LogP contribution in [0.25, 0.3) is 6.08 Å². The molecule has 2 aromatic carbocycles. The molecule has 0 aromatic heterocycles. The molecule has 1 fully saturated rings. The molecule has 0 radical (unpaired) electrons. The second-order valence-corrected chi connectivity index (χ2v) is 8.63. The second-order valence-electron chi connectivity index (χ2n) is 7.63. The highest BCUT2D eigenvalue weighted by Gasteiger charge is 2.34. The van der Waals surface area contributed by atoms with Gasteiger partial charge in [-0.25, -0.2) is 4.79 Å². The maximum atomic E-state index is 12.7. The van der Waals surface area contributed by atoms with Crippen molar-refractivity contribution in [1.29, 1.82) is 0 Å². The number of ether oxygens (including phenoxy) is 2. The molecule has 1 heterocycles. The number of carboxylic acids is 1. The zero-order valence-electron chi connectivity index (χ0n) is 18.2. The molecule has 2 amide bonds. The number of carbonyl (C=O) groups excluding carboxylic acids is 2. The Morgan fingerprint density at radius 3 is 2.66 bits per heavy atom. The minimum Gasteiger partial charge on any atom is -0.491 e. The molecule has 3 rings (SSSR count). The van der Waals surface area contributed by atoms with Gasteiger partial charge in [0.1, 0.15) is 18.1 Å². The molecule has 1 saturated heterocycles. The molecule has 1 aliphatic heterocycles. The largest absolute Gasteiger partial charge is 0.491 e. The summed E-state index contributed by atoms with van der Waals surface area (Å²) in [5.74, 6) is -0.0340. The lowest BCUT2D eigenvalue weighted by Crippen LogP contribution is -2.32. The van der Waals surface area contributed by atoms with E-state index in [-0.39, 0.29) is 24.3 Å². The molecule has 1 aliphatic rings. The standard InChI is InChI=1S/C24H25NO6S/c1-15(2)19-8-7-16(3)11-20(19)30-10-9-25-23(28)21(32-24(25)29)13-17-5-4-6-18(12-17)31-14-22(26)27/h4-8,11-13,15H,9-10,14H2,1-3H3,(H,26,27)/b21-13-. The van der Waals surface area contributed by atoms with E-state index < -0.39 is 12.6 Å². The summed E-state index contributed by atoms with van der Waals surface area (Å²) in [6.45, 7) is 6.04. The van der Waals surface area contributed by atoms with Crippen LogP contribution in [0, 0.1) is 6.92 Å². The van der Waals surface area contributed by atoms with Crippen LogP contribution in [-0.4, -0.2) is 46.9 Å². The topological polar surface area (TPSA) is 93.1 Å². The molecule has 0 unspecified atom stereocenters. The molecular weight excluding hydrogens is 430 g/mol.